The van der Waals surface area contributed by atoms with Crippen molar-refractivity contribution in [1.82, 2.24) is 24.7 Å². The first kappa shape index (κ1) is 20.7. The van der Waals surface area contributed by atoms with Crippen molar-refractivity contribution in [3.05, 3.63) is 102 Å². The number of aromatic nitrogens is 5. The van der Waals surface area contributed by atoms with Crippen LogP contribution in [0.25, 0.3) is 37.4 Å². The van der Waals surface area contributed by atoms with Crippen molar-refractivity contribution in [2.24, 2.45) is 0 Å². The fourth-order valence-electron chi connectivity index (χ4n) is 4.34. The molecule has 0 unspecified atom stereocenters. The van der Waals surface area contributed by atoms with Gasteiger partial charge in [0.25, 0.3) is 0 Å². The first-order valence-electron chi connectivity index (χ1n) is 11.2. The van der Waals surface area contributed by atoms with E-state index in [1.807, 2.05) is 31.3 Å². The van der Waals surface area contributed by atoms with Crippen LogP contribution in [-0.4, -0.2) is 24.7 Å². The number of benzene rings is 1. The predicted octanol–water partition coefficient (Wildman–Crippen LogP) is 6.73. The Kier molecular flexibility index (Phi) is 4.78. The average Bonchev–Trinajstić information content (AvgIpc) is 3.52. The third kappa shape index (κ3) is 3.38. The van der Waals surface area contributed by atoms with Crippen LogP contribution in [0.4, 0.5) is 0 Å². The standard InChI is InChI=1S/C28H23N5S/c1-18-14-15-20-19-8-4-9-21(26(19)34-27(20)30-18)22-10-5-11-23(31-22)28(2,3)24-12-6-13-25(32-24)33-17-7-16-29-33/h4-17H,1-3H3. The van der Waals surface area contributed by atoms with Gasteiger partial charge in [-0.15, -0.1) is 11.3 Å². The van der Waals surface area contributed by atoms with Crippen LogP contribution in [0.1, 0.15) is 30.9 Å². The monoisotopic (exact) mass is 461 g/mol. The molecule has 0 fully saturated rings. The number of rotatable bonds is 4. The number of nitrogens with zero attached hydrogens (tertiary/aromatic N) is 5. The van der Waals surface area contributed by atoms with Gasteiger partial charge in [0.05, 0.1) is 17.1 Å². The molecule has 0 aliphatic rings. The van der Waals surface area contributed by atoms with Gasteiger partial charge in [0.1, 0.15) is 4.83 Å². The topological polar surface area (TPSA) is 56.5 Å². The van der Waals surface area contributed by atoms with Gasteiger partial charge >= 0.3 is 0 Å². The molecule has 0 saturated carbocycles. The predicted molar refractivity (Wildman–Crippen MR) is 139 cm³/mol. The van der Waals surface area contributed by atoms with Crippen LogP contribution >= 0.6 is 11.3 Å². The molecule has 34 heavy (non-hydrogen) atoms. The lowest BCUT2D eigenvalue weighted by molar-refractivity contribution is 0.592. The molecule has 0 aliphatic carbocycles. The first-order valence-corrected chi connectivity index (χ1v) is 12.1. The molecule has 0 amide bonds. The summed E-state index contributed by atoms with van der Waals surface area (Å²) in [4.78, 5) is 15.9. The Labute approximate surface area is 201 Å². The Hall–Kier alpha value is -3.90. The Morgan fingerprint density at radius 3 is 2.38 bits per heavy atom. The van der Waals surface area contributed by atoms with E-state index in [0.717, 1.165) is 39.0 Å². The van der Waals surface area contributed by atoms with Crippen molar-refractivity contribution in [3.63, 3.8) is 0 Å². The Morgan fingerprint density at radius 1 is 0.765 bits per heavy atom. The summed E-state index contributed by atoms with van der Waals surface area (Å²) < 4.78 is 3.00. The molecule has 0 bridgehead atoms. The molecular formula is C28H23N5S. The van der Waals surface area contributed by atoms with Crippen LogP contribution in [0.15, 0.2) is 85.2 Å². The van der Waals surface area contributed by atoms with Crippen LogP contribution in [0.5, 0.6) is 0 Å². The first-order chi connectivity index (χ1) is 16.5. The fourth-order valence-corrected chi connectivity index (χ4v) is 5.58. The van der Waals surface area contributed by atoms with E-state index >= 15 is 0 Å². The van der Waals surface area contributed by atoms with Crippen LogP contribution in [0.2, 0.25) is 0 Å². The van der Waals surface area contributed by atoms with Crippen molar-refractivity contribution < 1.29 is 0 Å². The summed E-state index contributed by atoms with van der Waals surface area (Å²) >= 11 is 1.73. The highest BCUT2D eigenvalue weighted by Crippen LogP contribution is 2.39. The van der Waals surface area contributed by atoms with Gasteiger partial charge in [-0.3, -0.25) is 4.98 Å². The van der Waals surface area contributed by atoms with Crippen LogP contribution < -0.4 is 0 Å². The second kappa shape index (κ2) is 7.85. The normalized spacial score (nSPS) is 12.0. The van der Waals surface area contributed by atoms with Gasteiger partial charge in [0, 0.05) is 44.5 Å². The minimum Gasteiger partial charge on any atom is -0.252 e. The molecule has 0 atom stereocenters. The molecule has 1 aromatic carbocycles. The van der Waals surface area contributed by atoms with Crippen LogP contribution in [-0.2, 0) is 5.41 Å². The van der Waals surface area contributed by atoms with Crippen LogP contribution in [0.3, 0.4) is 0 Å². The van der Waals surface area contributed by atoms with Crippen molar-refractivity contribution in [3.8, 4) is 17.1 Å². The number of fused-ring (bicyclic) bond motifs is 3. The van der Waals surface area contributed by atoms with Gasteiger partial charge in [0.2, 0.25) is 0 Å². The maximum Gasteiger partial charge on any atom is 0.153 e. The van der Waals surface area contributed by atoms with E-state index in [-0.39, 0.29) is 5.41 Å². The summed E-state index contributed by atoms with van der Waals surface area (Å²) in [6.07, 6.45) is 3.66. The average molecular weight is 462 g/mol. The van der Waals surface area contributed by atoms with Gasteiger partial charge in [-0.1, -0.05) is 30.3 Å². The van der Waals surface area contributed by atoms with E-state index in [0.29, 0.717) is 0 Å². The third-order valence-corrected chi connectivity index (χ3v) is 7.43. The molecule has 0 saturated heterocycles. The van der Waals surface area contributed by atoms with Crippen molar-refractivity contribution >= 4 is 31.6 Å². The molecule has 0 N–H and O–H groups in total. The number of pyridine rings is 3. The number of hydrogen-bond acceptors (Lipinski definition) is 5. The lowest BCUT2D eigenvalue weighted by Gasteiger charge is -2.24. The molecule has 0 aliphatic heterocycles. The summed E-state index contributed by atoms with van der Waals surface area (Å²) in [5.74, 6) is 0.796. The third-order valence-electron chi connectivity index (χ3n) is 6.28. The highest BCUT2D eigenvalue weighted by molar-refractivity contribution is 7.26. The van der Waals surface area contributed by atoms with E-state index in [9.17, 15) is 0 Å². The highest BCUT2D eigenvalue weighted by Gasteiger charge is 2.27. The fraction of sp³-hybridized carbons (Fsp3) is 0.143. The minimum absolute atomic E-state index is 0.383. The maximum atomic E-state index is 5.15. The molecular weight excluding hydrogens is 438 g/mol. The summed E-state index contributed by atoms with van der Waals surface area (Å²) in [6, 6.07) is 24.9. The molecule has 6 aromatic rings. The van der Waals surface area contributed by atoms with Gasteiger partial charge in [-0.2, -0.15) is 5.10 Å². The van der Waals surface area contributed by atoms with Crippen LogP contribution in [0, 0.1) is 6.92 Å². The van der Waals surface area contributed by atoms with E-state index < -0.39 is 0 Å². The van der Waals surface area contributed by atoms with Crippen molar-refractivity contribution in [2.75, 3.05) is 0 Å². The van der Waals surface area contributed by atoms with E-state index in [2.05, 4.69) is 73.5 Å². The number of aryl methyl sites for hydroxylation is 1. The smallest absolute Gasteiger partial charge is 0.153 e. The lowest BCUT2D eigenvalue weighted by atomic mass is 9.84. The molecule has 0 radical (unpaired) electrons. The Morgan fingerprint density at radius 2 is 1.56 bits per heavy atom. The second-order valence-electron chi connectivity index (χ2n) is 8.95. The zero-order valence-electron chi connectivity index (χ0n) is 19.2. The zero-order valence-corrected chi connectivity index (χ0v) is 20.0. The summed E-state index contributed by atoms with van der Waals surface area (Å²) in [5, 5.41) is 6.75. The van der Waals surface area contributed by atoms with Gasteiger partial charge < -0.3 is 0 Å². The van der Waals surface area contributed by atoms with E-state index in [4.69, 9.17) is 15.0 Å². The van der Waals surface area contributed by atoms with Crippen molar-refractivity contribution in [1.29, 1.82) is 0 Å². The second-order valence-corrected chi connectivity index (χ2v) is 9.95. The Bertz CT molecular complexity index is 1650. The number of hydrogen-bond donors (Lipinski definition) is 0. The molecule has 6 rings (SSSR count). The molecule has 0 spiro atoms. The van der Waals surface area contributed by atoms with Gasteiger partial charge in [-0.25, -0.2) is 14.6 Å². The minimum atomic E-state index is -0.383. The van der Waals surface area contributed by atoms with E-state index in [1.54, 1.807) is 22.2 Å². The summed E-state index contributed by atoms with van der Waals surface area (Å²) in [6.45, 7) is 6.37. The molecule has 5 aromatic heterocycles. The molecule has 5 heterocycles. The largest absolute Gasteiger partial charge is 0.252 e. The van der Waals surface area contributed by atoms with Crippen molar-refractivity contribution in [2.45, 2.75) is 26.2 Å². The molecule has 5 nitrogen and oxygen atoms in total. The quantitative estimate of drug-likeness (QED) is 0.292. The maximum absolute atomic E-state index is 5.15. The SMILES string of the molecule is Cc1ccc2c(n1)sc1c(-c3cccc(C(C)(C)c4cccc(-n5cccn5)n4)n3)cccc12. The molecule has 166 valence electrons. The molecule has 6 heteroatoms. The van der Waals surface area contributed by atoms with Gasteiger partial charge in [0.15, 0.2) is 5.82 Å². The zero-order chi connectivity index (χ0) is 23.3. The lowest BCUT2D eigenvalue weighted by Crippen LogP contribution is -2.23. The highest BCUT2D eigenvalue weighted by atomic mass is 32.1. The summed E-state index contributed by atoms with van der Waals surface area (Å²) in [7, 11) is 0. The number of thiophene rings is 1. The van der Waals surface area contributed by atoms with Gasteiger partial charge in [-0.05, 0) is 63.2 Å². The summed E-state index contributed by atoms with van der Waals surface area (Å²) in [5.41, 5.74) is 4.67. The Balaban J connectivity index is 1.46. The van der Waals surface area contributed by atoms with E-state index in [1.165, 1.54) is 15.5 Å².